The lowest BCUT2D eigenvalue weighted by molar-refractivity contribution is -0.132. The topological polar surface area (TPSA) is 52.6 Å². The Morgan fingerprint density at radius 1 is 1.43 bits per heavy atom. The van der Waals surface area contributed by atoms with E-state index in [0.717, 1.165) is 6.54 Å². The lowest BCUT2D eigenvalue weighted by Gasteiger charge is -2.28. The monoisotopic (exact) mass is 202 g/mol. The van der Waals surface area contributed by atoms with Crippen molar-refractivity contribution in [3.05, 3.63) is 0 Å². The van der Waals surface area contributed by atoms with Gasteiger partial charge in [0, 0.05) is 13.1 Å². The van der Waals surface area contributed by atoms with Crippen LogP contribution < -0.4 is 5.32 Å². The van der Waals surface area contributed by atoms with Crippen LogP contribution in [0.1, 0.15) is 27.7 Å². The van der Waals surface area contributed by atoms with Crippen LogP contribution in [-0.4, -0.2) is 47.7 Å². The fourth-order valence-electron chi connectivity index (χ4n) is 1.19. The van der Waals surface area contributed by atoms with Crippen molar-refractivity contribution in [2.75, 3.05) is 26.2 Å². The van der Waals surface area contributed by atoms with Gasteiger partial charge >= 0.3 is 0 Å². The molecule has 0 aromatic carbocycles. The highest BCUT2D eigenvalue weighted by Gasteiger charge is 2.20. The molecular formula is C10H22N2O2. The van der Waals surface area contributed by atoms with Gasteiger partial charge in [-0.3, -0.25) is 4.79 Å². The smallest absolute Gasteiger partial charge is 0.236 e. The largest absolute Gasteiger partial charge is 0.389 e. The summed E-state index contributed by atoms with van der Waals surface area (Å²) in [4.78, 5) is 13.2. The molecule has 0 aliphatic rings. The van der Waals surface area contributed by atoms with Crippen molar-refractivity contribution in [1.82, 2.24) is 10.2 Å². The highest BCUT2D eigenvalue weighted by Crippen LogP contribution is 2.04. The van der Waals surface area contributed by atoms with E-state index < -0.39 is 5.60 Å². The number of hydrogen-bond donors (Lipinski definition) is 2. The molecule has 0 fully saturated rings. The standard InChI is InChI=1S/C10H22N2O2/c1-5-11-7-9(13)12(6-2)8-10(3,4)14/h11,14H,5-8H2,1-4H3. The summed E-state index contributed by atoms with van der Waals surface area (Å²) in [6, 6.07) is 0. The van der Waals surface area contributed by atoms with Crippen molar-refractivity contribution in [2.24, 2.45) is 0 Å². The summed E-state index contributed by atoms with van der Waals surface area (Å²) in [5, 5.41) is 12.6. The van der Waals surface area contributed by atoms with Crippen LogP contribution in [0, 0.1) is 0 Å². The van der Waals surface area contributed by atoms with E-state index in [2.05, 4.69) is 5.32 Å². The maximum atomic E-state index is 11.6. The number of nitrogens with zero attached hydrogens (tertiary/aromatic N) is 1. The van der Waals surface area contributed by atoms with Crippen molar-refractivity contribution in [3.63, 3.8) is 0 Å². The fourth-order valence-corrected chi connectivity index (χ4v) is 1.19. The summed E-state index contributed by atoms with van der Waals surface area (Å²) in [5.41, 5.74) is -0.822. The van der Waals surface area contributed by atoms with Crippen LogP contribution in [0.5, 0.6) is 0 Å². The van der Waals surface area contributed by atoms with Crippen LogP contribution in [0.2, 0.25) is 0 Å². The maximum absolute atomic E-state index is 11.6. The first-order valence-electron chi connectivity index (χ1n) is 5.11. The Morgan fingerprint density at radius 3 is 2.36 bits per heavy atom. The molecule has 0 radical (unpaired) electrons. The van der Waals surface area contributed by atoms with Gasteiger partial charge in [0.1, 0.15) is 0 Å². The van der Waals surface area contributed by atoms with Gasteiger partial charge in [0.2, 0.25) is 5.91 Å². The molecule has 0 heterocycles. The Morgan fingerprint density at radius 2 is 2.00 bits per heavy atom. The lowest BCUT2D eigenvalue weighted by atomic mass is 10.1. The molecule has 0 atom stereocenters. The van der Waals surface area contributed by atoms with Gasteiger partial charge in [-0.15, -0.1) is 0 Å². The molecule has 0 rings (SSSR count). The number of nitrogens with one attached hydrogen (secondary N) is 1. The zero-order valence-electron chi connectivity index (χ0n) is 9.63. The third-order valence-electron chi connectivity index (χ3n) is 1.84. The van der Waals surface area contributed by atoms with Crippen LogP contribution in [0.3, 0.4) is 0 Å². The third kappa shape index (κ3) is 5.94. The number of carbonyl (C=O) groups is 1. The SMILES string of the molecule is CCNCC(=O)N(CC)CC(C)(C)O. The number of carbonyl (C=O) groups excluding carboxylic acids is 1. The van der Waals surface area contributed by atoms with Gasteiger partial charge in [0.25, 0.3) is 0 Å². The molecule has 0 bridgehead atoms. The molecule has 0 aromatic rings. The molecule has 4 heteroatoms. The molecule has 84 valence electrons. The van der Waals surface area contributed by atoms with Crippen molar-refractivity contribution in [2.45, 2.75) is 33.3 Å². The summed E-state index contributed by atoms with van der Waals surface area (Å²) >= 11 is 0. The van der Waals surface area contributed by atoms with Crippen LogP contribution in [-0.2, 0) is 4.79 Å². The second kappa shape index (κ2) is 5.98. The van der Waals surface area contributed by atoms with Gasteiger partial charge in [-0.05, 0) is 27.3 Å². The summed E-state index contributed by atoms with van der Waals surface area (Å²) in [6.07, 6.45) is 0. The summed E-state index contributed by atoms with van der Waals surface area (Å²) in [6.45, 7) is 9.43. The van der Waals surface area contributed by atoms with Gasteiger partial charge in [0.15, 0.2) is 0 Å². The van der Waals surface area contributed by atoms with Crippen molar-refractivity contribution in [3.8, 4) is 0 Å². The van der Waals surface area contributed by atoms with Crippen LogP contribution in [0.25, 0.3) is 0 Å². The highest BCUT2D eigenvalue weighted by atomic mass is 16.3. The minimum atomic E-state index is -0.822. The third-order valence-corrected chi connectivity index (χ3v) is 1.84. The van der Waals surface area contributed by atoms with E-state index in [1.807, 2.05) is 13.8 Å². The van der Waals surface area contributed by atoms with Crippen LogP contribution in [0.4, 0.5) is 0 Å². The first-order chi connectivity index (χ1) is 6.40. The van der Waals surface area contributed by atoms with Crippen LogP contribution in [0.15, 0.2) is 0 Å². The van der Waals surface area contributed by atoms with Gasteiger partial charge < -0.3 is 15.3 Å². The summed E-state index contributed by atoms with van der Waals surface area (Å²) in [7, 11) is 0. The van der Waals surface area contributed by atoms with Crippen molar-refractivity contribution >= 4 is 5.91 Å². The molecular weight excluding hydrogens is 180 g/mol. The molecule has 0 aliphatic carbocycles. The van der Waals surface area contributed by atoms with Crippen molar-refractivity contribution < 1.29 is 9.90 Å². The molecule has 0 aliphatic heterocycles. The van der Waals surface area contributed by atoms with E-state index >= 15 is 0 Å². The number of amides is 1. The number of likely N-dealkylation sites (N-methyl/N-ethyl adjacent to an activating group) is 2. The van der Waals surface area contributed by atoms with Crippen molar-refractivity contribution in [1.29, 1.82) is 0 Å². The minimum Gasteiger partial charge on any atom is -0.389 e. The molecule has 14 heavy (non-hydrogen) atoms. The van der Waals surface area contributed by atoms with Gasteiger partial charge in [0.05, 0.1) is 12.1 Å². The zero-order chi connectivity index (χ0) is 11.2. The average molecular weight is 202 g/mol. The average Bonchev–Trinajstić information content (AvgIpc) is 2.08. The van der Waals surface area contributed by atoms with E-state index in [1.54, 1.807) is 18.7 Å². The van der Waals surface area contributed by atoms with Gasteiger partial charge in [-0.2, -0.15) is 0 Å². The number of aliphatic hydroxyl groups is 1. The Bertz CT molecular complexity index is 175. The fraction of sp³-hybridized carbons (Fsp3) is 0.900. The van der Waals surface area contributed by atoms with E-state index in [1.165, 1.54) is 0 Å². The number of hydrogen-bond acceptors (Lipinski definition) is 3. The second-order valence-electron chi connectivity index (χ2n) is 4.00. The molecule has 4 nitrogen and oxygen atoms in total. The Balaban J connectivity index is 4.06. The molecule has 0 aromatic heterocycles. The first-order valence-corrected chi connectivity index (χ1v) is 5.11. The van der Waals surface area contributed by atoms with E-state index in [9.17, 15) is 9.90 Å². The van der Waals surface area contributed by atoms with Crippen LogP contribution >= 0.6 is 0 Å². The second-order valence-corrected chi connectivity index (χ2v) is 4.00. The van der Waals surface area contributed by atoms with E-state index in [0.29, 0.717) is 19.6 Å². The zero-order valence-corrected chi connectivity index (χ0v) is 9.63. The summed E-state index contributed by atoms with van der Waals surface area (Å²) < 4.78 is 0. The molecule has 0 spiro atoms. The minimum absolute atomic E-state index is 0.0384. The highest BCUT2D eigenvalue weighted by molar-refractivity contribution is 5.78. The molecule has 0 saturated carbocycles. The van der Waals surface area contributed by atoms with E-state index in [-0.39, 0.29) is 5.91 Å². The maximum Gasteiger partial charge on any atom is 0.236 e. The molecule has 0 saturated heterocycles. The lowest BCUT2D eigenvalue weighted by Crippen LogP contribution is -2.45. The Labute approximate surface area is 86.3 Å². The molecule has 0 unspecified atom stereocenters. The predicted molar refractivity (Wildman–Crippen MR) is 57.1 cm³/mol. The Hall–Kier alpha value is -0.610. The molecule has 2 N–H and O–H groups in total. The van der Waals surface area contributed by atoms with Gasteiger partial charge in [-0.1, -0.05) is 6.92 Å². The first kappa shape index (κ1) is 13.4. The predicted octanol–water partition coefficient (Wildman–Crippen LogP) is 0.215. The normalized spacial score (nSPS) is 11.5. The summed E-state index contributed by atoms with van der Waals surface area (Å²) in [5.74, 6) is 0.0384. The quantitative estimate of drug-likeness (QED) is 0.647. The molecule has 1 amide bonds. The van der Waals surface area contributed by atoms with E-state index in [4.69, 9.17) is 0 Å². The van der Waals surface area contributed by atoms with Gasteiger partial charge in [-0.25, -0.2) is 0 Å². The number of rotatable bonds is 6. The Kier molecular flexibility index (Phi) is 5.72.